The minimum absolute atomic E-state index is 0.101. The number of methoxy groups -OCH3 is 1. The first-order valence-electron chi connectivity index (χ1n) is 8.74. The SMILES string of the molecule is [C-]#[N+]c1cc(Br)c2nc([C@H]3CCCN3)n(-c3ccc(OC)c(F)c3)c(=O)c2c1. The number of rotatable bonds is 3. The van der Waals surface area contributed by atoms with Crippen LogP contribution in [0.2, 0.25) is 0 Å². The Bertz CT molecular complexity index is 1180. The molecule has 0 aliphatic carbocycles. The van der Waals surface area contributed by atoms with Gasteiger partial charge in [-0.15, -0.1) is 0 Å². The number of aromatic nitrogens is 2. The van der Waals surface area contributed by atoms with Crippen LogP contribution in [0.4, 0.5) is 10.1 Å². The molecule has 0 saturated carbocycles. The van der Waals surface area contributed by atoms with Crippen LogP contribution in [-0.4, -0.2) is 23.2 Å². The average Bonchev–Trinajstić information content (AvgIpc) is 3.22. The third-order valence-corrected chi connectivity index (χ3v) is 5.44. The summed E-state index contributed by atoms with van der Waals surface area (Å²) >= 11 is 3.43. The highest BCUT2D eigenvalue weighted by atomic mass is 79.9. The lowest BCUT2D eigenvalue weighted by molar-refractivity contribution is 0.386. The highest BCUT2D eigenvalue weighted by Gasteiger charge is 2.25. The third-order valence-electron chi connectivity index (χ3n) is 4.83. The second kappa shape index (κ2) is 7.34. The number of hydrogen-bond donors (Lipinski definition) is 1. The van der Waals surface area contributed by atoms with Gasteiger partial charge in [0.1, 0.15) is 5.82 Å². The van der Waals surface area contributed by atoms with E-state index < -0.39 is 5.82 Å². The van der Waals surface area contributed by atoms with Crippen molar-refractivity contribution in [1.29, 1.82) is 0 Å². The van der Waals surface area contributed by atoms with Crippen molar-refractivity contribution in [3.05, 3.63) is 68.2 Å². The molecule has 28 heavy (non-hydrogen) atoms. The van der Waals surface area contributed by atoms with Crippen LogP contribution in [0.3, 0.4) is 0 Å². The van der Waals surface area contributed by atoms with Gasteiger partial charge in [-0.2, -0.15) is 0 Å². The van der Waals surface area contributed by atoms with E-state index in [4.69, 9.17) is 16.3 Å². The summed E-state index contributed by atoms with van der Waals surface area (Å²) in [5.74, 6) is 0.0633. The molecule has 142 valence electrons. The molecule has 3 aromatic rings. The van der Waals surface area contributed by atoms with Crippen LogP contribution in [0.5, 0.6) is 5.75 Å². The molecule has 2 aromatic carbocycles. The number of halogens is 2. The van der Waals surface area contributed by atoms with Gasteiger partial charge in [0.25, 0.3) is 5.56 Å². The van der Waals surface area contributed by atoms with Crippen LogP contribution in [0.15, 0.2) is 39.6 Å². The van der Waals surface area contributed by atoms with E-state index in [1.54, 1.807) is 12.1 Å². The maximum atomic E-state index is 14.3. The molecular weight excluding hydrogens is 427 g/mol. The van der Waals surface area contributed by atoms with E-state index in [1.165, 1.54) is 29.9 Å². The zero-order valence-electron chi connectivity index (χ0n) is 15.0. The summed E-state index contributed by atoms with van der Waals surface area (Å²) in [6, 6.07) is 7.42. The zero-order chi connectivity index (χ0) is 19.8. The van der Waals surface area contributed by atoms with Gasteiger partial charge in [-0.1, -0.05) is 0 Å². The zero-order valence-corrected chi connectivity index (χ0v) is 16.6. The molecule has 2 heterocycles. The van der Waals surface area contributed by atoms with Crippen molar-refractivity contribution in [2.45, 2.75) is 18.9 Å². The molecule has 1 atom stereocenters. The highest BCUT2D eigenvalue weighted by Crippen LogP contribution is 2.31. The second-order valence-electron chi connectivity index (χ2n) is 6.51. The molecule has 1 aromatic heterocycles. The van der Waals surface area contributed by atoms with Gasteiger partial charge in [-0.3, -0.25) is 9.36 Å². The van der Waals surface area contributed by atoms with Crippen molar-refractivity contribution in [2.75, 3.05) is 13.7 Å². The summed E-state index contributed by atoms with van der Waals surface area (Å²) in [6.07, 6.45) is 1.79. The molecule has 0 bridgehead atoms. The van der Waals surface area contributed by atoms with Crippen LogP contribution in [0.25, 0.3) is 21.4 Å². The fourth-order valence-corrected chi connectivity index (χ4v) is 4.03. The van der Waals surface area contributed by atoms with Gasteiger partial charge in [0.2, 0.25) is 0 Å². The lowest BCUT2D eigenvalue weighted by Gasteiger charge is -2.19. The minimum atomic E-state index is -0.562. The Labute approximate surface area is 168 Å². The first kappa shape index (κ1) is 18.6. The predicted molar refractivity (Wildman–Crippen MR) is 108 cm³/mol. The van der Waals surface area contributed by atoms with Crippen molar-refractivity contribution in [2.24, 2.45) is 0 Å². The summed E-state index contributed by atoms with van der Waals surface area (Å²) in [4.78, 5) is 21.6. The standard InChI is InChI=1S/C20H16BrFN4O2/c1-23-11-8-13-18(14(21)9-11)25-19(16-4-3-7-24-16)26(20(13)27)12-5-6-17(28-2)15(22)10-12/h5-6,8-10,16,24H,3-4,7H2,2H3/t16-/m1/s1. The second-order valence-corrected chi connectivity index (χ2v) is 7.37. The molecule has 0 spiro atoms. The van der Waals surface area contributed by atoms with Crippen molar-refractivity contribution < 1.29 is 9.13 Å². The van der Waals surface area contributed by atoms with Crippen LogP contribution in [-0.2, 0) is 0 Å². The summed E-state index contributed by atoms with van der Waals surface area (Å²) in [7, 11) is 1.39. The van der Waals surface area contributed by atoms with E-state index in [-0.39, 0.29) is 17.4 Å². The molecule has 4 rings (SSSR count). The Hall–Kier alpha value is -2.76. The van der Waals surface area contributed by atoms with Gasteiger partial charge in [0.05, 0.1) is 36.3 Å². The number of nitrogens with one attached hydrogen (secondary N) is 1. The number of ether oxygens (including phenoxy) is 1. The molecule has 1 fully saturated rings. The first-order valence-corrected chi connectivity index (χ1v) is 9.53. The molecule has 1 saturated heterocycles. The third kappa shape index (κ3) is 3.07. The van der Waals surface area contributed by atoms with E-state index in [2.05, 4.69) is 26.1 Å². The topological polar surface area (TPSA) is 60.5 Å². The number of fused-ring (bicyclic) bond motifs is 1. The first-order chi connectivity index (χ1) is 13.5. The molecule has 1 aliphatic heterocycles. The Kier molecular flexibility index (Phi) is 4.87. The largest absolute Gasteiger partial charge is 0.494 e. The van der Waals surface area contributed by atoms with E-state index in [0.29, 0.717) is 32.6 Å². The lowest BCUT2D eigenvalue weighted by atomic mass is 10.1. The maximum absolute atomic E-state index is 14.3. The Morgan fingerprint density at radius 1 is 1.39 bits per heavy atom. The molecule has 6 nitrogen and oxygen atoms in total. The molecule has 0 unspecified atom stereocenters. The summed E-state index contributed by atoms with van der Waals surface area (Å²) in [5.41, 5.74) is 0.846. The Morgan fingerprint density at radius 2 is 2.21 bits per heavy atom. The summed E-state index contributed by atoms with van der Waals surface area (Å²) in [5, 5.41) is 3.65. The lowest BCUT2D eigenvalue weighted by Crippen LogP contribution is -2.29. The van der Waals surface area contributed by atoms with Gasteiger partial charge >= 0.3 is 0 Å². The van der Waals surface area contributed by atoms with E-state index in [1.807, 2.05) is 0 Å². The Morgan fingerprint density at radius 3 is 2.86 bits per heavy atom. The maximum Gasteiger partial charge on any atom is 0.264 e. The minimum Gasteiger partial charge on any atom is -0.494 e. The summed E-state index contributed by atoms with van der Waals surface area (Å²) in [6.45, 7) is 8.08. The fourth-order valence-electron chi connectivity index (χ4n) is 3.50. The fraction of sp³-hybridized carbons (Fsp3) is 0.250. The molecule has 0 amide bonds. The quantitative estimate of drug-likeness (QED) is 0.615. The van der Waals surface area contributed by atoms with Crippen molar-refractivity contribution >= 4 is 32.5 Å². The predicted octanol–water partition coefficient (Wildman–Crippen LogP) is 4.27. The van der Waals surface area contributed by atoms with Crippen LogP contribution in [0, 0.1) is 12.4 Å². The van der Waals surface area contributed by atoms with E-state index >= 15 is 0 Å². The van der Waals surface area contributed by atoms with E-state index in [9.17, 15) is 9.18 Å². The molecule has 8 heteroatoms. The van der Waals surface area contributed by atoms with Gasteiger partial charge < -0.3 is 10.1 Å². The van der Waals surface area contributed by atoms with Gasteiger partial charge in [-0.05, 0) is 59.6 Å². The van der Waals surface area contributed by atoms with Crippen LogP contribution in [0.1, 0.15) is 24.7 Å². The summed E-state index contributed by atoms with van der Waals surface area (Å²) < 4.78 is 21.3. The average molecular weight is 443 g/mol. The number of hydrogen-bond acceptors (Lipinski definition) is 4. The molecule has 1 aliphatic rings. The molecule has 0 radical (unpaired) electrons. The normalized spacial score (nSPS) is 16.3. The van der Waals surface area contributed by atoms with Crippen molar-refractivity contribution in [1.82, 2.24) is 14.9 Å². The van der Waals surface area contributed by atoms with Crippen molar-refractivity contribution in [3.63, 3.8) is 0 Å². The van der Waals surface area contributed by atoms with Crippen molar-refractivity contribution in [3.8, 4) is 11.4 Å². The number of nitrogens with zero attached hydrogens (tertiary/aromatic N) is 3. The van der Waals surface area contributed by atoms with Crippen LogP contribution >= 0.6 is 15.9 Å². The van der Waals surface area contributed by atoms with Crippen LogP contribution < -0.4 is 15.6 Å². The number of benzene rings is 2. The smallest absolute Gasteiger partial charge is 0.264 e. The molecule has 1 N–H and O–H groups in total. The monoisotopic (exact) mass is 442 g/mol. The van der Waals surface area contributed by atoms with Gasteiger partial charge in [0, 0.05) is 10.5 Å². The van der Waals surface area contributed by atoms with E-state index in [0.717, 1.165) is 19.4 Å². The molecular formula is C20H16BrFN4O2. The van der Waals surface area contributed by atoms with Gasteiger partial charge in [-0.25, -0.2) is 14.2 Å². The Balaban J connectivity index is 2.06. The van der Waals surface area contributed by atoms with Gasteiger partial charge in [0.15, 0.2) is 17.3 Å². The highest BCUT2D eigenvalue weighted by molar-refractivity contribution is 9.10.